The lowest BCUT2D eigenvalue weighted by Gasteiger charge is -2.09. The van der Waals surface area contributed by atoms with Crippen molar-refractivity contribution >= 4 is 0 Å². The second kappa shape index (κ2) is 5.44. The summed E-state index contributed by atoms with van der Waals surface area (Å²) in [5, 5.41) is 4.07. The third kappa shape index (κ3) is 2.49. The molecular weight excluding hydrogens is 255 g/mol. The molecule has 19 heavy (non-hydrogen) atoms. The summed E-state index contributed by atoms with van der Waals surface area (Å²) in [4.78, 5) is 0. The van der Waals surface area contributed by atoms with Gasteiger partial charge in [-0.1, -0.05) is 13.3 Å². The van der Waals surface area contributed by atoms with E-state index in [9.17, 15) is 13.2 Å². The molecule has 1 aromatic heterocycles. The zero-order chi connectivity index (χ0) is 14.0. The van der Waals surface area contributed by atoms with Crippen LogP contribution in [0, 0.1) is 17.5 Å². The third-order valence-corrected chi connectivity index (χ3v) is 2.88. The predicted octanol–water partition coefficient (Wildman–Crippen LogP) is 2.70. The van der Waals surface area contributed by atoms with Gasteiger partial charge in [0.15, 0.2) is 17.5 Å². The van der Waals surface area contributed by atoms with Crippen molar-refractivity contribution in [2.24, 2.45) is 5.73 Å². The molecule has 3 nitrogen and oxygen atoms in total. The molecule has 1 heterocycles. The lowest BCUT2D eigenvalue weighted by atomic mass is 10.1. The molecule has 2 N–H and O–H groups in total. The van der Waals surface area contributed by atoms with E-state index in [1.807, 2.05) is 6.92 Å². The Hall–Kier alpha value is -1.82. The summed E-state index contributed by atoms with van der Waals surface area (Å²) in [7, 11) is 0. The van der Waals surface area contributed by atoms with Gasteiger partial charge in [-0.25, -0.2) is 17.9 Å². The Morgan fingerprint density at radius 2 is 1.84 bits per heavy atom. The van der Waals surface area contributed by atoms with Gasteiger partial charge in [-0.15, -0.1) is 0 Å². The monoisotopic (exact) mass is 269 g/mol. The molecule has 102 valence electrons. The van der Waals surface area contributed by atoms with Crippen LogP contribution >= 0.6 is 0 Å². The summed E-state index contributed by atoms with van der Waals surface area (Å²) in [6.45, 7) is 2.27. The number of rotatable bonds is 4. The number of halogens is 3. The molecule has 0 bridgehead atoms. The number of hydrogen-bond acceptors (Lipinski definition) is 2. The predicted molar refractivity (Wildman–Crippen MR) is 65.3 cm³/mol. The molecule has 0 amide bonds. The van der Waals surface area contributed by atoms with Crippen LogP contribution in [0.3, 0.4) is 0 Å². The van der Waals surface area contributed by atoms with Crippen molar-refractivity contribution in [3.63, 3.8) is 0 Å². The molecule has 0 aliphatic carbocycles. The largest absolute Gasteiger partial charge is 0.326 e. The van der Waals surface area contributed by atoms with E-state index in [4.69, 9.17) is 5.73 Å². The first-order valence-electron chi connectivity index (χ1n) is 5.99. The van der Waals surface area contributed by atoms with Crippen molar-refractivity contribution in [1.29, 1.82) is 0 Å². The minimum atomic E-state index is -1.48. The Morgan fingerprint density at radius 3 is 2.37 bits per heavy atom. The molecule has 0 saturated carbocycles. The lowest BCUT2D eigenvalue weighted by Crippen LogP contribution is -2.07. The standard InChI is InChI=1S/C13H14F3N3/c1-2-3-12-8(6-17)7-18-19(12)9-4-10(14)13(16)11(15)5-9/h4-5,7H,2-3,6,17H2,1H3. The second-order valence-corrected chi connectivity index (χ2v) is 4.21. The molecule has 0 spiro atoms. The van der Waals surface area contributed by atoms with Crippen LogP contribution < -0.4 is 5.73 Å². The molecule has 1 aromatic carbocycles. The molecule has 0 fully saturated rings. The van der Waals surface area contributed by atoms with Crippen LogP contribution in [-0.2, 0) is 13.0 Å². The van der Waals surface area contributed by atoms with Crippen LogP contribution in [-0.4, -0.2) is 9.78 Å². The van der Waals surface area contributed by atoms with Gasteiger partial charge in [-0.05, 0) is 6.42 Å². The van der Waals surface area contributed by atoms with Crippen molar-refractivity contribution in [3.05, 3.63) is 47.0 Å². The molecule has 0 atom stereocenters. The molecule has 0 unspecified atom stereocenters. The van der Waals surface area contributed by atoms with Gasteiger partial charge in [0.05, 0.1) is 11.9 Å². The van der Waals surface area contributed by atoms with Crippen molar-refractivity contribution < 1.29 is 13.2 Å². The van der Waals surface area contributed by atoms with Crippen molar-refractivity contribution in [2.75, 3.05) is 0 Å². The highest BCUT2D eigenvalue weighted by molar-refractivity contribution is 5.36. The molecule has 6 heteroatoms. The van der Waals surface area contributed by atoms with Gasteiger partial charge in [0.1, 0.15) is 0 Å². The highest BCUT2D eigenvalue weighted by Gasteiger charge is 2.15. The quantitative estimate of drug-likeness (QED) is 0.867. The minimum Gasteiger partial charge on any atom is -0.326 e. The molecule has 2 aromatic rings. The summed E-state index contributed by atoms with van der Waals surface area (Å²) < 4.78 is 40.8. The maximum Gasteiger partial charge on any atom is 0.194 e. The van der Waals surface area contributed by atoms with Crippen LogP contribution in [0.2, 0.25) is 0 Å². The first kappa shape index (κ1) is 13.6. The number of hydrogen-bond donors (Lipinski definition) is 1. The average Bonchev–Trinajstić information content (AvgIpc) is 2.79. The van der Waals surface area contributed by atoms with E-state index < -0.39 is 17.5 Å². The smallest absolute Gasteiger partial charge is 0.194 e. The van der Waals surface area contributed by atoms with Crippen LogP contribution in [0.15, 0.2) is 18.3 Å². The Morgan fingerprint density at radius 1 is 1.21 bits per heavy atom. The molecule has 0 aliphatic rings. The maximum atomic E-state index is 13.3. The number of aromatic nitrogens is 2. The van der Waals surface area contributed by atoms with E-state index in [0.29, 0.717) is 13.0 Å². The van der Waals surface area contributed by atoms with Crippen LogP contribution in [0.4, 0.5) is 13.2 Å². The number of nitrogens with two attached hydrogens (primary N) is 1. The zero-order valence-corrected chi connectivity index (χ0v) is 10.5. The minimum absolute atomic E-state index is 0.152. The topological polar surface area (TPSA) is 43.8 Å². The number of benzene rings is 1. The maximum absolute atomic E-state index is 13.3. The fourth-order valence-corrected chi connectivity index (χ4v) is 1.97. The summed E-state index contributed by atoms with van der Waals surface area (Å²) in [5.74, 6) is -3.95. The Labute approximate surface area is 108 Å². The second-order valence-electron chi connectivity index (χ2n) is 4.21. The molecule has 0 aliphatic heterocycles. The summed E-state index contributed by atoms with van der Waals surface area (Å²) >= 11 is 0. The van der Waals surface area contributed by atoms with E-state index in [1.54, 1.807) is 6.20 Å². The molecule has 0 saturated heterocycles. The van der Waals surface area contributed by atoms with Gasteiger partial charge in [-0.3, -0.25) is 0 Å². The van der Waals surface area contributed by atoms with E-state index in [-0.39, 0.29) is 5.69 Å². The first-order valence-corrected chi connectivity index (χ1v) is 5.99. The summed E-state index contributed by atoms with van der Waals surface area (Å²) in [6, 6.07) is 1.84. The fraction of sp³-hybridized carbons (Fsp3) is 0.308. The SMILES string of the molecule is CCCc1c(CN)cnn1-c1cc(F)c(F)c(F)c1. The van der Waals surface area contributed by atoms with Gasteiger partial charge in [-0.2, -0.15) is 5.10 Å². The van der Waals surface area contributed by atoms with Gasteiger partial charge in [0.25, 0.3) is 0 Å². The van der Waals surface area contributed by atoms with Crippen molar-refractivity contribution in [1.82, 2.24) is 9.78 Å². The average molecular weight is 269 g/mol. The van der Waals surface area contributed by atoms with Gasteiger partial charge in [0, 0.05) is 29.9 Å². The normalized spacial score (nSPS) is 11.0. The Balaban J connectivity index is 2.55. The van der Waals surface area contributed by atoms with Gasteiger partial charge < -0.3 is 5.73 Å². The number of nitrogens with zero attached hydrogens (tertiary/aromatic N) is 2. The van der Waals surface area contributed by atoms with Gasteiger partial charge >= 0.3 is 0 Å². The molecular formula is C13H14F3N3. The highest BCUT2D eigenvalue weighted by Crippen LogP contribution is 2.20. The fourth-order valence-electron chi connectivity index (χ4n) is 1.97. The zero-order valence-electron chi connectivity index (χ0n) is 10.5. The lowest BCUT2D eigenvalue weighted by molar-refractivity contribution is 0.445. The molecule has 0 radical (unpaired) electrons. The Kier molecular flexibility index (Phi) is 3.90. The van der Waals surface area contributed by atoms with Crippen LogP contribution in [0.5, 0.6) is 0 Å². The summed E-state index contributed by atoms with van der Waals surface area (Å²) in [6.07, 6.45) is 3.07. The van der Waals surface area contributed by atoms with Crippen molar-refractivity contribution in [2.45, 2.75) is 26.3 Å². The van der Waals surface area contributed by atoms with E-state index in [1.165, 1.54) is 4.68 Å². The first-order chi connectivity index (χ1) is 9.08. The highest BCUT2D eigenvalue weighted by atomic mass is 19.2. The molecule has 2 rings (SSSR count). The van der Waals surface area contributed by atoms with Crippen LogP contribution in [0.1, 0.15) is 24.6 Å². The third-order valence-electron chi connectivity index (χ3n) is 2.88. The van der Waals surface area contributed by atoms with Gasteiger partial charge in [0.2, 0.25) is 0 Å². The van der Waals surface area contributed by atoms with Crippen LogP contribution in [0.25, 0.3) is 5.69 Å². The van der Waals surface area contributed by atoms with E-state index in [0.717, 1.165) is 29.8 Å². The van der Waals surface area contributed by atoms with E-state index >= 15 is 0 Å². The summed E-state index contributed by atoms with van der Waals surface area (Å²) in [5.41, 5.74) is 7.35. The van der Waals surface area contributed by atoms with Crippen molar-refractivity contribution in [3.8, 4) is 5.69 Å². The van der Waals surface area contributed by atoms with E-state index in [2.05, 4.69) is 5.10 Å². The Bertz CT molecular complexity index is 570.